The first-order valence-electron chi connectivity index (χ1n) is 25.8. The van der Waals surface area contributed by atoms with Crippen LogP contribution in [0, 0.1) is 29.6 Å². The fourth-order valence-corrected chi connectivity index (χ4v) is 10.0. The number of halogens is 1. The van der Waals surface area contributed by atoms with E-state index in [2.05, 4.69) is 35.0 Å². The van der Waals surface area contributed by atoms with Gasteiger partial charge in [-0.1, -0.05) is 91.4 Å². The van der Waals surface area contributed by atoms with E-state index in [-0.39, 0.29) is 88.1 Å². The van der Waals surface area contributed by atoms with Gasteiger partial charge in [-0.25, -0.2) is 4.79 Å². The first kappa shape index (κ1) is 60.3. The smallest absolute Gasteiger partial charge is 0.342 e. The van der Waals surface area contributed by atoms with Crippen LogP contribution in [-0.4, -0.2) is 120 Å². The molecule has 1 aromatic carbocycles. The fraction of sp³-hybridized carbons (Fsp3) is 0.483. The van der Waals surface area contributed by atoms with Crippen LogP contribution in [0.4, 0.5) is 0 Å². The number of nitrogens with one attached hydrogen (secondary N) is 2. The van der Waals surface area contributed by atoms with Gasteiger partial charge in [-0.15, -0.1) is 6.58 Å². The molecular weight excluding hydrogens is 994 g/mol. The van der Waals surface area contributed by atoms with Gasteiger partial charge in [0.2, 0.25) is 17.5 Å². The first-order chi connectivity index (χ1) is 36.2. The lowest BCUT2D eigenvalue weighted by molar-refractivity contribution is -0.128. The molecule has 3 heterocycles. The highest BCUT2D eigenvalue weighted by molar-refractivity contribution is 6.33. The minimum Gasteiger partial charge on any atom is -0.507 e. The highest BCUT2D eigenvalue weighted by Gasteiger charge is 2.37. The van der Waals surface area contributed by atoms with Crippen LogP contribution in [0.3, 0.4) is 0 Å². The number of likely N-dealkylation sites (tertiary alicyclic amines) is 1. The molecule has 17 nitrogen and oxygen atoms in total. The molecule has 6 rings (SSSR count). The minimum absolute atomic E-state index is 0.0125. The van der Waals surface area contributed by atoms with E-state index in [1.54, 1.807) is 50.3 Å². The Balaban J connectivity index is 0.000000286. The molecule has 1 saturated heterocycles. The number of esters is 1. The van der Waals surface area contributed by atoms with Gasteiger partial charge in [-0.2, -0.15) is 0 Å². The molecule has 76 heavy (non-hydrogen) atoms. The van der Waals surface area contributed by atoms with Crippen LogP contribution in [0.2, 0.25) is 5.02 Å². The molecule has 0 radical (unpaired) electrons. The van der Waals surface area contributed by atoms with Gasteiger partial charge in [-0.05, 0) is 88.7 Å². The summed E-state index contributed by atoms with van der Waals surface area (Å²) in [5.41, 5.74) is 8.71. The second-order valence-corrected chi connectivity index (χ2v) is 20.6. The number of carbonyl (C=O) groups is 5. The summed E-state index contributed by atoms with van der Waals surface area (Å²) < 4.78 is 17.1. The summed E-state index contributed by atoms with van der Waals surface area (Å²) in [6.07, 6.45) is 19.7. The summed E-state index contributed by atoms with van der Waals surface area (Å²) in [7, 11) is 3.14. The van der Waals surface area contributed by atoms with E-state index in [9.17, 15) is 39.3 Å². The average molecular weight is 1070 g/mol. The van der Waals surface area contributed by atoms with Crippen LogP contribution in [0.1, 0.15) is 95.5 Å². The number of phenols is 2. The molecule has 1 aromatic rings. The maximum atomic E-state index is 13.6. The SMILES string of the molecule is C=CCNC1=C2C[C@@H](C)C[C@H](OC)[C@H](O)[C@@H](C)/C=C(\C)[C@H](CC(=C)N)[C@@H](OC)/C=C\C=C(/C)C(=O)NC(=CC1=O)C2=O.C[C@@H]1C[C@@H]2C[C@H]2\C=C/C=C/C(=N/OCCN2CCCC2=O)Cc2c(Cl)c(O)cc(O)c2C(=O)O1. The number of aromatic hydroxyl groups is 2. The third-order valence-corrected chi connectivity index (χ3v) is 14.5. The van der Waals surface area contributed by atoms with Gasteiger partial charge in [0.05, 0.1) is 53.1 Å². The number of benzene rings is 1. The molecule has 2 bridgehead atoms. The summed E-state index contributed by atoms with van der Waals surface area (Å²) in [6, 6.07) is 1.03. The highest BCUT2D eigenvalue weighted by atomic mass is 35.5. The molecule has 0 spiro atoms. The predicted octanol–water partition coefficient (Wildman–Crippen LogP) is 7.54. The average Bonchev–Trinajstić information content (AvgIpc) is 3.97. The maximum absolute atomic E-state index is 13.6. The number of amides is 2. The third-order valence-electron chi connectivity index (χ3n) is 14.1. The summed E-state index contributed by atoms with van der Waals surface area (Å²) in [6.45, 7) is 18.5. The number of ketones is 2. The number of oxime groups is 1. The Morgan fingerprint density at radius 2 is 1.79 bits per heavy atom. The second kappa shape index (κ2) is 28.6. The topological polar surface area (TPSA) is 249 Å². The zero-order chi connectivity index (χ0) is 55.8. The number of cyclic esters (lactones) is 1. The maximum Gasteiger partial charge on any atom is 0.342 e. The van der Waals surface area contributed by atoms with E-state index < -0.39 is 47.5 Å². The minimum atomic E-state index is -0.843. The van der Waals surface area contributed by atoms with Crippen molar-refractivity contribution < 1.29 is 58.3 Å². The van der Waals surface area contributed by atoms with Crippen molar-refractivity contribution in [1.29, 1.82) is 0 Å². The first-order valence-corrected chi connectivity index (χ1v) is 26.2. The fourth-order valence-electron chi connectivity index (χ4n) is 9.80. The number of methoxy groups -OCH3 is 2. The van der Waals surface area contributed by atoms with Crippen LogP contribution >= 0.6 is 11.6 Å². The number of aliphatic hydroxyl groups excluding tert-OH is 1. The normalized spacial score (nSPS) is 30.0. The molecule has 7 N–H and O–H groups in total. The zero-order valence-electron chi connectivity index (χ0n) is 44.8. The van der Waals surface area contributed by atoms with Crippen molar-refractivity contribution in [2.24, 2.45) is 40.5 Å². The molecular formula is C58H76ClN5O12. The summed E-state index contributed by atoms with van der Waals surface area (Å²) in [4.78, 5) is 71.6. The lowest BCUT2D eigenvalue weighted by Gasteiger charge is -2.30. The van der Waals surface area contributed by atoms with Crippen molar-refractivity contribution in [3.63, 3.8) is 0 Å². The Hall–Kier alpha value is -6.53. The van der Waals surface area contributed by atoms with Crippen molar-refractivity contribution >= 4 is 46.7 Å². The van der Waals surface area contributed by atoms with Gasteiger partial charge in [-0.3, -0.25) is 19.2 Å². The monoisotopic (exact) mass is 1070 g/mol. The molecule has 412 valence electrons. The number of rotatable bonds is 11. The quantitative estimate of drug-likeness (QED) is 0.0412. The number of hydrogen-bond acceptors (Lipinski definition) is 15. The zero-order valence-corrected chi connectivity index (χ0v) is 45.6. The van der Waals surface area contributed by atoms with Crippen LogP contribution < -0.4 is 16.4 Å². The Bertz CT molecular complexity index is 2610. The molecule has 0 unspecified atom stereocenters. The van der Waals surface area contributed by atoms with Crippen molar-refractivity contribution in [2.45, 2.75) is 110 Å². The van der Waals surface area contributed by atoms with Crippen LogP contribution in [0.15, 0.2) is 119 Å². The van der Waals surface area contributed by atoms with Gasteiger partial charge in [0, 0.05) is 81.0 Å². The molecule has 2 fully saturated rings. The molecule has 2 aliphatic carbocycles. The molecule has 1 saturated carbocycles. The Kier molecular flexibility index (Phi) is 22.7. The number of fused-ring (bicyclic) bond motifs is 4. The molecule has 3 aliphatic heterocycles. The molecule has 18 heteroatoms. The second-order valence-electron chi connectivity index (χ2n) is 20.2. The van der Waals surface area contributed by atoms with Crippen molar-refractivity contribution in [3.05, 3.63) is 130 Å². The lowest BCUT2D eigenvalue weighted by atomic mass is 9.83. The van der Waals surface area contributed by atoms with Gasteiger partial charge in [0.15, 0.2) is 0 Å². The number of hydrogen-bond donors (Lipinski definition) is 6. The predicted molar refractivity (Wildman–Crippen MR) is 292 cm³/mol. The number of carbonyl (C=O) groups excluding carboxylic acids is 5. The van der Waals surface area contributed by atoms with Crippen molar-refractivity contribution in [3.8, 4) is 11.5 Å². The van der Waals surface area contributed by atoms with E-state index >= 15 is 0 Å². The Labute approximate surface area is 451 Å². The van der Waals surface area contributed by atoms with E-state index in [1.807, 2.05) is 52.0 Å². The number of ether oxygens (including phenoxy) is 3. The van der Waals surface area contributed by atoms with E-state index in [0.717, 1.165) is 37.0 Å². The number of phenolic OH excluding ortho intramolecular Hbond substituents is 2. The van der Waals surface area contributed by atoms with E-state index in [0.29, 0.717) is 67.7 Å². The molecule has 5 aliphatic rings. The number of nitrogens with two attached hydrogens (primary N) is 1. The van der Waals surface area contributed by atoms with Gasteiger partial charge in [0.25, 0.3) is 5.91 Å². The largest absolute Gasteiger partial charge is 0.507 e. The molecule has 9 atom stereocenters. The van der Waals surface area contributed by atoms with Crippen molar-refractivity contribution in [2.75, 3.05) is 40.5 Å². The highest BCUT2D eigenvalue weighted by Crippen LogP contribution is 2.44. The summed E-state index contributed by atoms with van der Waals surface area (Å²) in [5, 5.41) is 41.7. The van der Waals surface area contributed by atoms with Crippen LogP contribution in [-0.2, 0) is 44.6 Å². The van der Waals surface area contributed by atoms with Crippen molar-refractivity contribution in [1.82, 2.24) is 15.5 Å². The summed E-state index contributed by atoms with van der Waals surface area (Å²) in [5.74, 6) is -2.42. The summed E-state index contributed by atoms with van der Waals surface area (Å²) >= 11 is 6.35. The Morgan fingerprint density at radius 3 is 2.46 bits per heavy atom. The number of aliphatic hydroxyl groups is 1. The number of Topliss-reactive ketones (excluding diaryl/α,β-unsaturated/α-hetero) is 1. The number of nitrogens with zero attached hydrogens (tertiary/aromatic N) is 2. The van der Waals surface area contributed by atoms with Gasteiger partial charge in [0.1, 0.15) is 23.7 Å². The Morgan fingerprint density at radius 1 is 1.04 bits per heavy atom. The van der Waals surface area contributed by atoms with E-state index in [4.69, 9.17) is 36.4 Å². The van der Waals surface area contributed by atoms with Crippen LogP contribution in [0.25, 0.3) is 0 Å². The number of allylic oxidation sites excluding steroid dienone is 9. The third kappa shape index (κ3) is 16.7. The van der Waals surface area contributed by atoms with Gasteiger partial charge >= 0.3 is 5.97 Å². The standard InChI is InChI=1S/C33H47N3O6.C25H29ClN2O6/c1-9-13-35-30-25-14-19(2)15-29(42-8)31(38)22(5)16-21(4)24(17-23(6)34)28(41-7)12-10-11-20(3)33(40)36-26(32(25)39)18-27(30)37;1-15-11-17-12-16(17)5-2-3-6-18(27-33-10-9-28-8-4-7-22(28)31)13-19-23(25(32)34-15)20(29)14-21(30)24(19)26/h9-12,16,18-19,22,24,28-29,31,35,38H,1,6,13-15,17,34H2,2-5,7-8H3,(H,36,40);2-3,5-6,14-17,29-30H,4,7-13H2,1H3/b12-10-,20-11+,21-16+;5-2-,6-3+,27-18-/t19-,22+,24+,28+,29+,31-;15-,16-,17-/m11/s1. The van der Waals surface area contributed by atoms with Gasteiger partial charge < -0.3 is 55.6 Å². The van der Waals surface area contributed by atoms with E-state index in [1.165, 1.54) is 0 Å². The lowest BCUT2D eigenvalue weighted by Crippen LogP contribution is -2.37. The molecule has 2 amide bonds. The van der Waals surface area contributed by atoms with Crippen LogP contribution in [0.5, 0.6) is 11.5 Å². The molecule has 0 aromatic heterocycles.